The molecule has 0 spiro atoms. The van der Waals surface area contributed by atoms with Crippen LogP contribution in [0.3, 0.4) is 0 Å². The van der Waals surface area contributed by atoms with Gasteiger partial charge in [-0.1, -0.05) is 0 Å². The molecule has 1 unspecified atom stereocenters. The third-order valence-corrected chi connectivity index (χ3v) is 4.23. The van der Waals surface area contributed by atoms with Crippen molar-refractivity contribution in [1.82, 2.24) is 9.80 Å². The number of carbonyl (C=O) groups excluding carboxylic acids is 2. The number of rotatable bonds is 7. The van der Waals surface area contributed by atoms with Crippen molar-refractivity contribution in [2.24, 2.45) is 10.7 Å². The maximum atomic E-state index is 13.4. The Morgan fingerprint density at radius 3 is 2.52 bits per heavy atom. The molecular formula is C19H25F3N4O3. The van der Waals surface area contributed by atoms with Crippen LogP contribution in [0.4, 0.5) is 13.2 Å². The minimum Gasteiger partial charge on any atom is -0.504 e. The first-order valence-corrected chi connectivity index (χ1v) is 8.69. The van der Waals surface area contributed by atoms with Gasteiger partial charge in [-0.25, -0.2) is 4.99 Å². The molecule has 0 aromatic carbocycles. The average Bonchev–Trinajstić information content (AvgIpc) is 2.65. The summed E-state index contributed by atoms with van der Waals surface area (Å²) < 4.78 is 45.2. The highest BCUT2D eigenvalue weighted by atomic mass is 19.4. The number of carbonyl (C=O) groups is 2. The van der Waals surface area contributed by atoms with Crippen molar-refractivity contribution in [1.29, 1.82) is 0 Å². The van der Waals surface area contributed by atoms with E-state index in [0.717, 1.165) is 17.2 Å². The van der Waals surface area contributed by atoms with Crippen LogP contribution >= 0.6 is 0 Å². The van der Waals surface area contributed by atoms with E-state index in [4.69, 9.17) is 10.5 Å². The van der Waals surface area contributed by atoms with Gasteiger partial charge in [0.2, 0.25) is 12.3 Å². The molecule has 0 aromatic heterocycles. The van der Waals surface area contributed by atoms with E-state index in [1.54, 1.807) is 14.0 Å². The smallest absolute Gasteiger partial charge is 0.410 e. The van der Waals surface area contributed by atoms with E-state index in [-0.39, 0.29) is 18.7 Å². The van der Waals surface area contributed by atoms with Crippen LogP contribution in [0.25, 0.3) is 0 Å². The number of piperazine rings is 1. The van der Waals surface area contributed by atoms with Crippen molar-refractivity contribution >= 4 is 18.5 Å². The third-order valence-electron chi connectivity index (χ3n) is 4.23. The second-order valence-electron chi connectivity index (χ2n) is 6.33. The van der Waals surface area contributed by atoms with Crippen molar-refractivity contribution in [2.45, 2.75) is 19.1 Å². The fourth-order valence-corrected chi connectivity index (χ4v) is 2.80. The SMILES string of the molecule is CO/C=C/C(=C(C)C=NC=O)C(/C=C\N)=C/C(=O)N1CCN(C)CC1C(F)(F)F. The Kier molecular flexibility index (Phi) is 9.33. The minimum absolute atomic E-state index is 0.0613. The zero-order chi connectivity index (χ0) is 22.0. The Morgan fingerprint density at radius 1 is 1.28 bits per heavy atom. The summed E-state index contributed by atoms with van der Waals surface area (Å²) in [6.45, 7) is 1.58. The standard InChI is InChI=1S/C19H25F3N4O3/c1-14(11-24-13-27)16(5-9-29-3)15(4-6-23)10-18(28)26-8-7-25(2)12-17(26)19(20,21)22/h4-6,9-11,13,17H,7-8,12,23H2,1-3H3/b6-4-,9-5+,15-10+,16-14?,24-11?. The van der Waals surface area contributed by atoms with Crippen molar-refractivity contribution in [3.63, 3.8) is 0 Å². The highest BCUT2D eigenvalue weighted by Crippen LogP contribution is 2.28. The van der Waals surface area contributed by atoms with Crippen LogP contribution in [0.5, 0.6) is 0 Å². The lowest BCUT2D eigenvalue weighted by molar-refractivity contribution is -0.198. The van der Waals surface area contributed by atoms with Crippen molar-refractivity contribution in [3.8, 4) is 0 Å². The summed E-state index contributed by atoms with van der Waals surface area (Å²) in [4.78, 5) is 29.1. The fourth-order valence-electron chi connectivity index (χ4n) is 2.80. The first-order valence-electron chi connectivity index (χ1n) is 8.69. The maximum absolute atomic E-state index is 13.4. The first kappa shape index (κ1) is 24.2. The van der Waals surface area contributed by atoms with Crippen molar-refractivity contribution in [2.75, 3.05) is 33.8 Å². The van der Waals surface area contributed by atoms with Gasteiger partial charge in [0.15, 0.2) is 0 Å². The predicted molar refractivity (Wildman–Crippen MR) is 104 cm³/mol. The number of likely N-dealkylation sites (N-methyl/N-ethyl adjacent to an activating group) is 1. The number of alkyl halides is 3. The van der Waals surface area contributed by atoms with E-state index in [0.29, 0.717) is 24.1 Å². The van der Waals surface area contributed by atoms with Gasteiger partial charge in [0.1, 0.15) is 6.04 Å². The molecule has 29 heavy (non-hydrogen) atoms. The van der Waals surface area contributed by atoms with Crippen LogP contribution in [0.2, 0.25) is 0 Å². The molecule has 1 fully saturated rings. The van der Waals surface area contributed by atoms with E-state index in [1.807, 2.05) is 0 Å². The van der Waals surface area contributed by atoms with Crippen LogP contribution in [-0.2, 0) is 14.3 Å². The highest BCUT2D eigenvalue weighted by Gasteiger charge is 2.47. The molecular weight excluding hydrogens is 389 g/mol. The van der Waals surface area contributed by atoms with Crippen LogP contribution in [0.1, 0.15) is 6.92 Å². The second kappa shape index (κ2) is 11.2. The quantitative estimate of drug-likeness (QED) is 0.226. The van der Waals surface area contributed by atoms with Crippen molar-refractivity contribution in [3.05, 3.63) is 47.4 Å². The molecule has 0 bridgehead atoms. The van der Waals surface area contributed by atoms with E-state index < -0.39 is 18.1 Å². The van der Waals surface area contributed by atoms with Gasteiger partial charge >= 0.3 is 6.18 Å². The molecule has 10 heteroatoms. The van der Waals surface area contributed by atoms with Crippen LogP contribution < -0.4 is 5.73 Å². The monoisotopic (exact) mass is 414 g/mol. The molecule has 0 aliphatic carbocycles. The summed E-state index contributed by atoms with van der Waals surface area (Å²) in [7, 11) is 2.99. The van der Waals surface area contributed by atoms with Gasteiger partial charge in [-0.05, 0) is 49.0 Å². The first-order chi connectivity index (χ1) is 13.6. The third kappa shape index (κ3) is 7.22. The van der Waals surface area contributed by atoms with E-state index in [9.17, 15) is 22.8 Å². The summed E-state index contributed by atoms with van der Waals surface area (Å²) in [6, 6.07) is -1.91. The number of nitrogens with zero attached hydrogens (tertiary/aromatic N) is 3. The number of ether oxygens (including phenoxy) is 1. The molecule has 1 aliphatic rings. The van der Waals surface area contributed by atoms with E-state index in [2.05, 4.69) is 4.99 Å². The Bertz CT molecular complexity index is 739. The molecule has 2 N–H and O–H groups in total. The molecule has 1 rings (SSSR count). The maximum Gasteiger partial charge on any atom is 0.410 e. The van der Waals surface area contributed by atoms with Crippen LogP contribution in [0.15, 0.2) is 52.4 Å². The molecule has 1 aliphatic heterocycles. The van der Waals surface area contributed by atoms with Gasteiger partial charge in [0.05, 0.1) is 13.4 Å². The number of amides is 2. The molecule has 0 aromatic rings. The molecule has 1 atom stereocenters. The number of halogens is 3. The Morgan fingerprint density at radius 2 is 1.97 bits per heavy atom. The zero-order valence-corrected chi connectivity index (χ0v) is 16.5. The Labute approximate surface area is 167 Å². The van der Waals surface area contributed by atoms with E-state index in [1.165, 1.54) is 36.6 Å². The van der Waals surface area contributed by atoms with Gasteiger partial charge < -0.3 is 20.3 Å². The fraction of sp³-hybridized carbons (Fsp3) is 0.421. The Balaban J connectivity index is 3.40. The largest absolute Gasteiger partial charge is 0.504 e. The number of hydrogen-bond donors (Lipinski definition) is 1. The average molecular weight is 414 g/mol. The summed E-state index contributed by atoms with van der Waals surface area (Å²) >= 11 is 0. The van der Waals surface area contributed by atoms with E-state index >= 15 is 0 Å². The molecule has 1 saturated heterocycles. The summed E-state index contributed by atoms with van der Waals surface area (Å²) in [5.41, 5.74) is 6.60. The van der Waals surface area contributed by atoms with Gasteiger partial charge in [-0.2, -0.15) is 13.2 Å². The number of hydrogen-bond acceptors (Lipinski definition) is 5. The predicted octanol–water partition coefficient (Wildman–Crippen LogP) is 1.79. The number of methoxy groups -OCH3 is 1. The summed E-state index contributed by atoms with van der Waals surface area (Å²) in [5.74, 6) is -0.794. The molecule has 1 heterocycles. The highest BCUT2D eigenvalue weighted by molar-refractivity contribution is 5.92. The number of allylic oxidation sites excluding steroid dienone is 5. The van der Waals surface area contributed by atoms with Crippen molar-refractivity contribution < 1.29 is 27.5 Å². The van der Waals surface area contributed by atoms with Crippen LogP contribution in [-0.4, -0.2) is 74.3 Å². The minimum atomic E-state index is -4.55. The lowest BCUT2D eigenvalue weighted by Gasteiger charge is -2.40. The van der Waals surface area contributed by atoms with Gasteiger partial charge in [-0.3, -0.25) is 9.59 Å². The topological polar surface area (TPSA) is 88.2 Å². The number of aliphatic imine (C=N–C) groups is 1. The summed E-state index contributed by atoms with van der Waals surface area (Å²) in [5, 5.41) is 0. The molecule has 0 radical (unpaired) electrons. The Hall–Kier alpha value is -2.88. The molecule has 160 valence electrons. The normalized spacial score (nSPS) is 20.6. The summed E-state index contributed by atoms with van der Waals surface area (Å²) in [6.07, 6.45) is 3.50. The number of nitrogens with two attached hydrogens (primary N) is 1. The van der Waals surface area contributed by atoms with Gasteiger partial charge in [-0.15, -0.1) is 0 Å². The van der Waals surface area contributed by atoms with Crippen LogP contribution in [0, 0.1) is 0 Å². The molecule has 2 amide bonds. The second-order valence-corrected chi connectivity index (χ2v) is 6.33. The molecule has 7 nitrogen and oxygen atoms in total. The molecule has 0 saturated carbocycles. The lowest BCUT2D eigenvalue weighted by Crippen LogP contribution is -2.59. The van der Waals surface area contributed by atoms with Gasteiger partial charge in [0.25, 0.3) is 0 Å². The van der Waals surface area contributed by atoms with Gasteiger partial charge in [0, 0.05) is 31.9 Å². The zero-order valence-electron chi connectivity index (χ0n) is 16.5. The lowest BCUT2D eigenvalue weighted by atomic mass is 9.99.